The van der Waals surface area contributed by atoms with E-state index in [1.807, 2.05) is 12.3 Å². The van der Waals surface area contributed by atoms with Gasteiger partial charge >= 0.3 is 6.18 Å². The molecule has 0 aliphatic heterocycles. The molecule has 24 heavy (non-hydrogen) atoms. The Hall–Kier alpha value is -2.06. The van der Waals surface area contributed by atoms with E-state index in [0.29, 0.717) is 10.3 Å². The van der Waals surface area contributed by atoms with E-state index in [0.717, 1.165) is 22.3 Å². The maximum absolute atomic E-state index is 13.0. The summed E-state index contributed by atoms with van der Waals surface area (Å²) in [6, 6.07) is 10.9. The van der Waals surface area contributed by atoms with Gasteiger partial charge in [-0.1, -0.05) is 29.5 Å². The van der Waals surface area contributed by atoms with Crippen LogP contribution in [0.15, 0.2) is 47.4 Å². The second kappa shape index (κ2) is 6.45. The number of para-hydroxylation sites is 1. The first kappa shape index (κ1) is 16.8. The maximum atomic E-state index is 13.0. The topological polar surface area (TPSA) is 42.0 Å². The summed E-state index contributed by atoms with van der Waals surface area (Å²) in [5, 5.41) is 2.73. The van der Waals surface area contributed by atoms with Gasteiger partial charge in [-0.15, -0.1) is 11.8 Å². The van der Waals surface area contributed by atoms with Crippen molar-refractivity contribution in [2.75, 3.05) is 11.6 Å². The average molecular weight is 368 g/mol. The first-order valence-electron chi connectivity index (χ1n) is 6.81. The molecule has 0 saturated heterocycles. The van der Waals surface area contributed by atoms with E-state index in [9.17, 15) is 18.0 Å². The predicted octanol–water partition coefficient (Wildman–Crippen LogP) is 5.29. The summed E-state index contributed by atoms with van der Waals surface area (Å²) >= 11 is 2.43. The molecule has 0 bridgehead atoms. The van der Waals surface area contributed by atoms with E-state index < -0.39 is 17.6 Å². The fourth-order valence-electron chi connectivity index (χ4n) is 2.23. The number of hydrogen-bond donors (Lipinski definition) is 1. The van der Waals surface area contributed by atoms with E-state index in [-0.39, 0.29) is 10.6 Å². The van der Waals surface area contributed by atoms with Gasteiger partial charge in [0, 0.05) is 4.90 Å². The number of thiazole rings is 1. The van der Waals surface area contributed by atoms with Crippen LogP contribution in [0, 0.1) is 0 Å². The van der Waals surface area contributed by atoms with Crippen molar-refractivity contribution in [2.45, 2.75) is 11.1 Å². The van der Waals surface area contributed by atoms with Crippen molar-refractivity contribution in [3.05, 3.63) is 53.6 Å². The fraction of sp³-hybridized carbons (Fsp3) is 0.125. The molecule has 0 saturated carbocycles. The molecule has 3 nitrogen and oxygen atoms in total. The second-order valence-electron chi connectivity index (χ2n) is 4.82. The van der Waals surface area contributed by atoms with Crippen molar-refractivity contribution in [3.8, 4) is 0 Å². The standard InChI is InChI=1S/C16H11F3N2OS2/c1-23-11-7-3-2-5-9(11)14(22)21-15-20-13-10(16(17,18)19)6-4-8-12(13)24-15/h2-8H,1H3,(H,20,21,22). The third kappa shape index (κ3) is 3.25. The van der Waals surface area contributed by atoms with Gasteiger partial charge in [-0.25, -0.2) is 4.98 Å². The summed E-state index contributed by atoms with van der Waals surface area (Å²) < 4.78 is 39.5. The van der Waals surface area contributed by atoms with Crippen LogP contribution in [-0.4, -0.2) is 17.1 Å². The molecule has 1 N–H and O–H groups in total. The minimum atomic E-state index is -4.49. The van der Waals surface area contributed by atoms with Crippen LogP contribution in [0.3, 0.4) is 0 Å². The van der Waals surface area contributed by atoms with Crippen LogP contribution in [0.4, 0.5) is 18.3 Å². The average Bonchev–Trinajstić information content (AvgIpc) is 2.95. The number of aromatic nitrogens is 1. The van der Waals surface area contributed by atoms with Crippen molar-refractivity contribution >= 4 is 44.4 Å². The van der Waals surface area contributed by atoms with Gasteiger partial charge in [-0.05, 0) is 30.5 Å². The number of fused-ring (bicyclic) bond motifs is 1. The van der Waals surface area contributed by atoms with Gasteiger partial charge < -0.3 is 0 Å². The Labute approximate surface area is 143 Å². The van der Waals surface area contributed by atoms with Gasteiger partial charge in [-0.3, -0.25) is 10.1 Å². The zero-order valence-corrected chi connectivity index (χ0v) is 14.0. The molecule has 0 fully saturated rings. The van der Waals surface area contributed by atoms with E-state index in [1.54, 1.807) is 24.3 Å². The fourth-order valence-corrected chi connectivity index (χ4v) is 3.71. The summed E-state index contributed by atoms with van der Waals surface area (Å²) in [7, 11) is 0. The summed E-state index contributed by atoms with van der Waals surface area (Å²) in [4.78, 5) is 17.1. The van der Waals surface area contributed by atoms with Gasteiger partial charge in [0.05, 0.1) is 21.3 Å². The highest BCUT2D eigenvalue weighted by Crippen LogP contribution is 2.37. The number of amides is 1. The summed E-state index contributed by atoms with van der Waals surface area (Å²) in [5.41, 5.74) is -0.495. The number of nitrogens with one attached hydrogen (secondary N) is 1. The molecular weight excluding hydrogens is 357 g/mol. The highest BCUT2D eigenvalue weighted by atomic mass is 32.2. The number of carbonyl (C=O) groups excluding carboxylic acids is 1. The number of benzene rings is 2. The molecule has 0 radical (unpaired) electrons. The first-order valence-corrected chi connectivity index (χ1v) is 8.85. The van der Waals surface area contributed by atoms with Crippen LogP contribution in [0.2, 0.25) is 0 Å². The zero-order valence-electron chi connectivity index (χ0n) is 12.3. The normalized spacial score (nSPS) is 11.7. The summed E-state index contributed by atoms with van der Waals surface area (Å²) in [6.45, 7) is 0. The number of nitrogens with zero attached hydrogens (tertiary/aromatic N) is 1. The second-order valence-corrected chi connectivity index (χ2v) is 6.70. The summed E-state index contributed by atoms with van der Waals surface area (Å²) in [6.07, 6.45) is -2.64. The highest BCUT2D eigenvalue weighted by Gasteiger charge is 2.33. The van der Waals surface area contributed by atoms with Crippen LogP contribution >= 0.6 is 23.1 Å². The Balaban J connectivity index is 1.95. The minimum Gasteiger partial charge on any atom is -0.298 e. The molecule has 0 aliphatic rings. The van der Waals surface area contributed by atoms with Crippen molar-refractivity contribution in [1.29, 1.82) is 0 Å². The lowest BCUT2D eigenvalue weighted by atomic mass is 10.2. The number of thioether (sulfide) groups is 1. The lowest BCUT2D eigenvalue weighted by molar-refractivity contribution is -0.136. The largest absolute Gasteiger partial charge is 0.418 e. The maximum Gasteiger partial charge on any atom is 0.418 e. The van der Waals surface area contributed by atoms with Crippen molar-refractivity contribution in [1.82, 2.24) is 4.98 Å². The van der Waals surface area contributed by atoms with Crippen LogP contribution in [0.25, 0.3) is 10.2 Å². The molecule has 8 heteroatoms. The molecule has 1 heterocycles. The number of anilines is 1. The molecule has 1 aromatic heterocycles. The van der Waals surface area contributed by atoms with Crippen molar-refractivity contribution in [2.24, 2.45) is 0 Å². The Kier molecular flexibility index (Phi) is 4.51. The predicted molar refractivity (Wildman–Crippen MR) is 90.8 cm³/mol. The minimum absolute atomic E-state index is 0.141. The third-order valence-corrected chi connectivity index (χ3v) is 5.03. The van der Waals surface area contributed by atoms with Gasteiger partial charge in [0.15, 0.2) is 5.13 Å². The van der Waals surface area contributed by atoms with Crippen LogP contribution in [0.5, 0.6) is 0 Å². The van der Waals surface area contributed by atoms with Crippen LogP contribution in [0.1, 0.15) is 15.9 Å². The Bertz CT molecular complexity index is 906. The van der Waals surface area contributed by atoms with Crippen LogP contribution < -0.4 is 5.32 Å². The van der Waals surface area contributed by atoms with Gasteiger partial charge in [-0.2, -0.15) is 13.2 Å². The lowest BCUT2D eigenvalue weighted by Crippen LogP contribution is -2.12. The van der Waals surface area contributed by atoms with Crippen molar-refractivity contribution < 1.29 is 18.0 Å². The molecule has 0 spiro atoms. The van der Waals surface area contributed by atoms with E-state index in [1.165, 1.54) is 17.8 Å². The van der Waals surface area contributed by atoms with Crippen LogP contribution in [-0.2, 0) is 6.18 Å². The van der Waals surface area contributed by atoms with E-state index in [2.05, 4.69) is 10.3 Å². The lowest BCUT2D eigenvalue weighted by Gasteiger charge is -2.06. The number of hydrogen-bond acceptors (Lipinski definition) is 4. The van der Waals surface area contributed by atoms with Gasteiger partial charge in [0.25, 0.3) is 5.91 Å². The van der Waals surface area contributed by atoms with E-state index in [4.69, 9.17) is 0 Å². The molecule has 3 rings (SSSR count). The number of rotatable bonds is 3. The van der Waals surface area contributed by atoms with E-state index >= 15 is 0 Å². The van der Waals surface area contributed by atoms with Gasteiger partial charge in [0.1, 0.15) is 0 Å². The molecule has 2 aromatic carbocycles. The highest BCUT2D eigenvalue weighted by molar-refractivity contribution is 7.98. The molecule has 3 aromatic rings. The zero-order chi connectivity index (χ0) is 17.3. The van der Waals surface area contributed by atoms with Gasteiger partial charge in [0.2, 0.25) is 0 Å². The third-order valence-electron chi connectivity index (χ3n) is 3.30. The number of alkyl halides is 3. The molecule has 0 atom stereocenters. The molecular formula is C16H11F3N2OS2. The Morgan fingerprint density at radius 2 is 1.92 bits per heavy atom. The molecule has 0 unspecified atom stereocenters. The SMILES string of the molecule is CSc1ccccc1C(=O)Nc1nc2c(C(F)(F)F)cccc2s1. The Morgan fingerprint density at radius 1 is 1.17 bits per heavy atom. The summed E-state index contributed by atoms with van der Waals surface area (Å²) in [5.74, 6) is -0.396. The molecule has 124 valence electrons. The Morgan fingerprint density at radius 3 is 2.62 bits per heavy atom. The first-order chi connectivity index (χ1) is 11.4. The quantitative estimate of drug-likeness (QED) is 0.639. The monoisotopic (exact) mass is 368 g/mol. The molecule has 0 aliphatic carbocycles. The van der Waals surface area contributed by atoms with Crippen molar-refractivity contribution in [3.63, 3.8) is 0 Å². The smallest absolute Gasteiger partial charge is 0.298 e. The number of carbonyl (C=O) groups is 1. The number of halogens is 3. The molecule has 1 amide bonds.